The third-order valence-corrected chi connectivity index (χ3v) is 6.40. The van der Waals surface area contributed by atoms with Crippen LogP contribution in [-0.4, -0.2) is 36.3 Å². The predicted octanol–water partition coefficient (Wildman–Crippen LogP) is 3.75. The average molecular weight is 359 g/mol. The van der Waals surface area contributed by atoms with Gasteiger partial charge in [-0.15, -0.1) is 0 Å². The molecule has 0 N–H and O–H groups in total. The molecule has 1 heterocycles. The van der Waals surface area contributed by atoms with E-state index in [1.165, 1.54) is 38.8 Å². The number of hydrogen-bond acceptors (Lipinski definition) is 3. The Labute approximate surface area is 157 Å². The summed E-state index contributed by atoms with van der Waals surface area (Å²) < 4.78 is 26.7. The van der Waals surface area contributed by atoms with Crippen LogP contribution < -0.4 is 5.46 Å². The van der Waals surface area contributed by atoms with Gasteiger partial charge < -0.3 is 9.31 Å². The maximum Gasteiger partial charge on any atom is 0.497 e. The summed E-state index contributed by atoms with van der Waals surface area (Å²) in [5, 5.41) is 0. The molecule has 3 fully saturated rings. The van der Waals surface area contributed by atoms with E-state index in [2.05, 4.69) is 4.90 Å². The number of benzene rings is 1. The SMILES string of the molecule is CC1(C)OB(c2cc(CN(CC3CC3)CC3CC3)ccc2F)OC1(C)C. The zero-order valence-corrected chi connectivity index (χ0v) is 16.6. The lowest BCUT2D eigenvalue weighted by molar-refractivity contribution is 0.00578. The van der Waals surface area contributed by atoms with Crippen molar-refractivity contribution >= 4 is 12.6 Å². The fourth-order valence-corrected chi connectivity index (χ4v) is 3.64. The second-order valence-electron chi connectivity index (χ2n) is 9.52. The van der Waals surface area contributed by atoms with E-state index in [1.54, 1.807) is 6.07 Å². The fourth-order valence-electron chi connectivity index (χ4n) is 3.64. The van der Waals surface area contributed by atoms with E-state index in [0.717, 1.165) is 23.9 Å². The molecule has 0 atom stereocenters. The second kappa shape index (κ2) is 6.61. The van der Waals surface area contributed by atoms with Gasteiger partial charge in [0, 0.05) is 25.1 Å². The van der Waals surface area contributed by atoms with Gasteiger partial charge >= 0.3 is 7.12 Å². The van der Waals surface area contributed by atoms with Crippen molar-refractivity contribution in [3.8, 4) is 0 Å². The molecule has 0 amide bonds. The Morgan fingerprint density at radius 3 is 2.04 bits per heavy atom. The first-order valence-corrected chi connectivity index (χ1v) is 10.1. The number of nitrogens with zero attached hydrogens (tertiary/aromatic N) is 1. The molecule has 1 aromatic carbocycles. The number of rotatable bonds is 7. The Kier molecular flexibility index (Phi) is 4.69. The van der Waals surface area contributed by atoms with Crippen molar-refractivity contribution in [1.29, 1.82) is 0 Å². The van der Waals surface area contributed by atoms with Gasteiger partial charge in [0.2, 0.25) is 0 Å². The summed E-state index contributed by atoms with van der Waals surface area (Å²) in [7, 11) is -0.639. The molecule has 0 radical (unpaired) electrons. The lowest BCUT2D eigenvalue weighted by Crippen LogP contribution is -2.41. The van der Waals surface area contributed by atoms with Gasteiger partial charge in [-0.25, -0.2) is 4.39 Å². The summed E-state index contributed by atoms with van der Waals surface area (Å²) >= 11 is 0. The van der Waals surface area contributed by atoms with E-state index in [-0.39, 0.29) is 5.82 Å². The molecule has 3 aliphatic rings. The first-order valence-electron chi connectivity index (χ1n) is 10.1. The Morgan fingerprint density at radius 1 is 1.00 bits per heavy atom. The van der Waals surface area contributed by atoms with Crippen LogP contribution in [0.2, 0.25) is 0 Å². The molecule has 0 unspecified atom stereocenters. The first kappa shape index (κ1) is 18.5. The Balaban J connectivity index is 1.50. The molecule has 3 nitrogen and oxygen atoms in total. The van der Waals surface area contributed by atoms with Gasteiger partial charge in [-0.05, 0) is 76.8 Å². The highest BCUT2D eigenvalue weighted by molar-refractivity contribution is 6.62. The molecule has 2 saturated carbocycles. The van der Waals surface area contributed by atoms with Crippen molar-refractivity contribution in [2.45, 2.75) is 71.1 Å². The quantitative estimate of drug-likeness (QED) is 0.693. The zero-order chi connectivity index (χ0) is 18.5. The number of hydrogen-bond donors (Lipinski definition) is 0. The van der Waals surface area contributed by atoms with Gasteiger partial charge in [0.05, 0.1) is 11.2 Å². The van der Waals surface area contributed by atoms with Gasteiger partial charge in [-0.2, -0.15) is 0 Å². The average Bonchev–Trinajstić information content (AvgIpc) is 3.44. The van der Waals surface area contributed by atoms with Gasteiger partial charge in [-0.1, -0.05) is 12.1 Å². The Morgan fingerprint density at radius 2 is 1.54 bits per heavy atom. The van der Waals surface area contributed by atoms with Crippen LogP contribution in [0.5, 0.6) is 0 Å². The summed E-state index contributed by atoms with van der Waals surface area (Å²) in [6.45, 7) is 11.3. The van der Waals surface area contributed by atoms with Crippen LogP contribution >= 0.6 is 0 Å². The van der Waals surface area contributed by atoms with Crippen molar-refractivity contribution < 1.29 is 13.7 Å². The predicted molar refractivity (Wildman–Crippen MR) is 103 cm³/mol. The highest BCUT2D eigenvalue weighted by Gasteiger charge is 2.52. The van der Waals surface area contributed by atoms with Crippen LogP contribution in [0.15, 0.2) is 18.2 Å². The molecule has 5 heteroatoms. The Hall–Kier alpha value is -0.905. The first-order chi connectivity index (χ1) is 12.2. The summed E-state index contributed by atoms with van der Waals surface area (Å²) in [6, 6.07) is 5.43. The van der Waals surface area contributed by atoms with Crippen molar-refractivity contribution in [2.24, 2.45) is 11.8 Å². The summed E-state index contributed by atoms with van der Waals surface area (Å²) in [5.41, 5.74) is 0.769. The van der Waals surface area contributed by atoms with E-state index in [1.807, 2.05) is 39.8 Å². The monoisotopic (exact) mass is 359 g/mol. The topological polar surface area (TPSA) is 21.7 Å². The van der Waals surface area contributed by atoms with Crippen LogP contribution in [-0.2, 0) is 15.9 Å². The van der Waals surface area contributed by atoms with E-state index in [0.29, 0.717) is 5.46 Å². The molecule has 0 spiro atoms. The summed E-state index contributed by atoms with van der Waals surface area (Å²) in [5.74, 6) is 1.50. The van der Waals surface area contributed by atoms with Crippen LogP contribution in [0.3, 0.4) is 0 Å². The minimum atomic E-state index is -0.639. The molecule has 26 heavy (non-hydrogen) atoms. The van der Waals surface area contributed by atoms with Crippen molar-refractivity contribution in [3.63, 3.8) is 0 Å². The van der Waals surface area contributed by atoms with Crippen molar-refractivity contribution in [3.05, 3.63) is 29.6 Å². The second-order valence-corrected chi connectivity index (χ2v) is 9.52. The normalized spacial score (nSPS) is 24.5. The minimum absolute atomic E-state index is 0.247. The molecule has 0 aromatic heterocycles. The molecule has 1 saturated heterocycles. The van der Waals surface area contributed by atoms with Crippen molar-refractivity contribution in [2.75, 3.05) is 13.1 Å². The van der Waals surface area contributed by atoms with Gasteiger partial charge in [0.25, 0.3) is 0 Å². The molecule has 142 valence electrons. The van der Waals surface area contributed by atoms with Gasteiger partial charge in [0.15, 0.2) is 0 Å². The highest BCUT2D eigenvalue weighted by Crippen LogP contribution is 2.37. The molecule has 1 aliphatic heterocycles. The molecule has 2 aliphatic carbocycles. The smallest absolute Gasteiger partial charge is 0.399 e. The standard InChI is InChI=1S/C21H31BFNO2/c1-20(2)21(3,4)26-22(25-20)18-11-17(9-10-19(18)23)14-24(12-15-5-6-15)13-16-7-8-16/h9-11,15-16H,5-8,12-14H2,1-4H3. The van der Waals surface area contributed by atoms with E-state index in [9.17, 15) is 4.39 Å². The third kappa shape index (κ3) is 4.00. The van der Waals surface area contributed by atoms with Crippen LogP contribution in [0, 0.1) is 17.7 Å². The molecule has 4 rings (SSSR count). The molecule has 1 aromatic rings. The van der Waals surface area contributed by atoms with Crippen LogP contribution in [0.4, 0.5) is 4.39 Å². The molecular weight excluding hydrogens is 328 g/mol. The third-order valence-electron chi connectivity index (χ3n) is 6.40. The largest absolute Gasteiger partial charge is 0.497 e. The molecule has 0 bridgehead atoms. The van der Waals surface area contributed by atoms with Crippen molar-refractivity contribution in [1.82, 2.24) is 4.90 Å². The lowest BCUT2D eigenvalue weighted by atomic mass is 9.78. The lowest BCUT2D eigenvalue weighted by Gasteiger charge is -2.32. The van der Waals surface area contributed by atoms with Gasteiger partial charge in [0.1, 0.15) is 5.82 Å². The summed E-state index contributed by atoms with van der Waals surface area (Å²) in [4.78, 5) is 2.57. The maximum atomic E-state index is 14.5. The number of halogens is 1. The van der Waals surface area contributed by atoms with E-state index < -0.39 is 18.3 Å². The van der Waals surface area contributed by atoms with Crippen LogP contribution in [0.1, 0.15) is 58.9 Å². The fraction of sp³-hybridized carbons (Fsp3) is 0.714. The minimum Gasteiger partial charge on any atom is -0.399 e. The summed E-state index contributed by atoms with van der Waals surface area (Å²) in [6.07, 6.45) is 5.46. The maximum absolute atomic E-state index is 14.5. The zero-order valence-electron chi connectivity index (χ0n) is 16.6. The van der Waals surface area contributed by atoms with E-state index >= 15 is 0 Å². The highest BCUT2D eigenvalue weighted by atomic mass is 19.1. The Bertz CT molecular complexity index is 640. The van der Waals surface area contributed by atoms with E-state index in [4.69, 9.17) is 9.31 Å². The molecular formula is C21H31BFNO2. The van der Waals surface area contributed by atoms with Gasteiger partial charge in [-0.3, -0.25) is 4.90 Å². The van der Waals surface area contributed by atoms with Crippen LogP contribution in [0.25, 0.3) is 0 Å².